The summed E-state index contributed by atoms with van der Waals surface area (Å²) in [7, 11) is 1.87. The summed E-state index contributed by atoms with van der Waals surface area (Å²) in [6, 6.07) is 13.3. The Morgan fingerprint density at radius 2 is 1.94 bits per heavy atom. The van der Waals surface area contributed by atoms with E-state index in [1.165, 1.54) is 0 Å². The fourth-order valence-corrected chi connectivity index (χ4v) is 3.80. The van der Waals surface area contributed by atoms with Crippen molar-refractivity contribution in [2.75, 3.05) is 10.2 Å². The largest absolute Gasteiger partial charge is 0.444 e. The first-order valence-corrected chi connectivity index (χ1v) is 10.9. The highest BCUT2D eigenvalue weighted by molar-refractivity contribution is 6.08. The number of ether oxygens (including phenoxy) is 1. The maximum absolute atomic E-state index is 13.6. The van der Waals surface area contributed by atoms with Crippen LogP contribution in [0.25, 0.3) is 0 Å². The number of aromatic nitrogens is 2. The second-order valence-electron chi connectivity index (χ2n) is 9.17. The van der Waals surface area contributed by atoms with Crippen LogP contribution in [0.1, 0.15) is 47.8 Å². The molecule has 0 saturated heterocycles. The summed E-state index contributed by atoms with van der Waals surface area (Å²) >= 11 is 0. The molecule has 0 radical (unpaired) electrons. The zero-order valence-electron chi connectivity index (χ0n) is 19.6. The Kier molecular flexibility index (Phi) is 5.84. The number of para-hydroxylation sites is 2. The van der Waals surface area contributed by atoms with Crippen molar-refractivity contribution in [2.24, 2.45) is 7.05 Å². The van der Waals surface area contributed by atoms with Gasteiger partial charge in [0, 0.05) is 24.7 Å². The zero-order chi connectivity index (χ0) is 23.8. The van der Waals surface area contributed by atoms with Gasteiger partial charge in [-0.15, -0.1) is 0 Å². The quantitative estimate of drug-likeness (QED) is 0.610. The lowest BCUT2D eigenvalue weighted by molar-refractivity contribution is 0.0523. The summed E-state index contributed by atoms with van der Waals surface area (Å²) in [6.45, 7) is 8.13. The van der Waals surface area contributed by atoms with Crippen molar-refractivity contribution in [3.63, 3.8) is 0 Å². The number of rotatable bonds is 3. The first-order valence-electron chi connectivity index (χ1n) is 10.9. The van der Waals surface area contributed by atoms with Crippen LogP contribution < -0.4 is 15.5 Å². The van der Waals surface area contributed by atoms with Crippen molar-refractivity contribution in [3.05, 3.63) is 70.9 Å². The minimum atomic E-state index is -0.554. The number of aryl methyl sites for hydroxylation is 2. The van der Waals surface area contributed by atoms with Gasteiger partial charge in [0.25, 0.3) is 5.91 Å². The van der Waals surface area contributed by atoms with Crippen molar-refractivity contribution in [1.29, 1.82) is 0 Å². The van der Waals surface area contributed by atoms with Crippen LogP contribution >= 0.6 is 0 Å². The van der Waals surface area contributed by atoms with Gasteiger partial charge in [-0.1, -0.05) is 18.2 Å². The third-order valence-electron chi connectivity index (χ3n) is 5.45. The Bertz CT molecular complexity index is 1210. The van der Waals surface area contributed by atoms with Crippen LogP contribution in [-0.4, -0.2) is 27.4 Å². The SMILES string of the molecule is Cc1cc(C(=O)N2Cc3cnn(C)c3Nc3ccccc32)ccc1CNC(=O)OC(C)(C)C. The minimum absolute atomic E-state index is 0.101. The van der Waals surface area contributed by atoms with Crippen molar-refractivity contribution < 1.29 is 14.3 Å². The van der Waals surface area contributed by atoms with E-state index in [2.05, 4.69) is 15.7 Å². The number of hydrogen-bond acceptors (Lipinski definition) is 5. The van der Waals surface area contributed by atoms with Gasteiger partial charge in [0.15, 0.2) is 0 Å². The number of carbonyl (C=O) groups excluding carboxylic acids is 2. The van der Waals surface area contributed by atoms with Crippen LogP contribution in [0.15, 0.2) is 48.7 Å². The highest BCUT2D eigenvalue weighted by Gasteiger charge is 2.27. The fraction of sp³-hybridized carbons (Fsp3) is 0.320. The first kappa shape index (κ1) is 22.4. The summed E-state index contributed by atoms with van der Waals surface area (Å²) in [5.41, 5.74) is 4.47. The molecule has 8 nitrogen and oxygen atoms in total. The molecule has 2 heterocycles. The van der Waals surface area contributed by atoms with E-state index < -0.39 is 11.7 Å². The molecule has 2 amide bonds. The Balaban J connectivity index is 1.56. The van der Waals surface area contributed by atoms with Gasteiger partial charge in [-0.25, -0.2) is 4.79 Å². The summed E-state index contributed by atoms with van der Waals surface area (Å²) in [4.78, 5) is 27.3. The molecule has 0 spiro atoms. The van der Waals surface area contributed by atoms with Gasteiger partial charge in [0.05, 0.1) is 24.1 Å². The second-order valence-corrected chi connectivity index (χ2v) is 9.17. The van der Waals surface area contributed by atoms with Crippen LogP contribution in [0.3, 0.4) is 0 Å². The molecule has 8 heteroatoms. The van der Waals surface area contributed by atoms with E-state index in [0.29, 0.717) is 18.7 Å². The predicted octanol–water partition coefficient (Wildman–Crippen LogP) is 4.66. The standard InChI is InChI=1S/C25H29N5O3/c1-16-12-17(10-11-18(16)13-26-24(32)33-25(2,3)4)23(31)30-15-19-14-27-29(5)22(19)28-20-8-6-7-9-21(20)30/h6-12,14,28H,13,15H2,1-5H3,(H,26,32). The molecule has 0 atom stereocenters. The molecule has 172 valence electrons. The molecule has 2 N–H and O–H groups in total. The van der Waals surface area contributed by atoms with E-state index in [4.69, 9.17) is 4.74 Å². The Morgan fingerprint density at radius 3 is 2.67 bits per heavy atom. The topological polar surface area (TPSA) is 88.5 Å². The second kappa shape index (κ2) is 8.61. The third-order valence-corrected chi connectivity index (χ3v) is 5.45. The van der Waals surface area contributed by atoms with Crippen molar-refractivity contribution >= 4 is 29.2 Å². The van der Waals surface area contributed by atoms with Crippen molar-refractivity contribution in [2.45, 2.75) is 46.4 Å². The normalized spacial score (nSPS) is 12.8. The fourth-order valence-electron chi connectivity index (χ4n) is 3.80. The number of amides is 2. The van der Waals surface area contributed by atoms with Crippen LogP contribution in [0.2, 0.25) is 0 Å². The lowest BCUT2D eigenvalue weighted by Gasteiger charge is -2.23. The van der Waals surface area contributed by atoms with Crippen LogP contribution in [0.4, 0.5) is 22.0 Å². The number of anilines is 3. The first-order chi connectivity index (χ1) is 15.6. The number of nitrogens with one attached hydrogen (secondary N) is 2. The summed E-state index contributed by atoms with van der Waals surface area (Å²) in [5.74, 6) is 0.771. The van der Waals surface area contributed by atoms with E-state index in [0.717, 1.165) is 33.9 Å². The van der Waals surface area contributed by atoms with E-state index in [-0.39, 0.29) is 5.91 Å². The molecule has 0 fully saturated rings. The smallest absolute Gasteiger partial charge is 0.407 e. The molecule has 0 saturated carbocycles. The molecule has 1 aliphatic rings. The molecule has 0 aliphatic carbocycles. The van der Waals surface area contributed by atoms with Crippen molar-refractivity contribution in [1.82, 2.24) is 15.1 Å². The molecule has 2 aromatic carbocycles. The average molecular weight is 448 g/mol. The number of fused-ring (bicyclic) bond motifs is 2. The number of benzene rings is 2. The van der Waals surface area contributed by atoms with Gasteiger partial charge in [0.1, 0.15) is 11.4 Å². The average Bonchev–Trinajstić information content (AvgIpc) is 2.99. The number of hydrogen-bond donors (Lipinski definition) is 2. The molecule has 1 aliphatic heterocycles. The summed E-state index contributed by atoms with van der Waals surface area (Å²) in [5, 5.41) is 10.5. The monoisotopic (exact) mass is 447 g/mol. The maximum Gasteiger partial charge on any atom is 0.407 e. The predicted molar refractivity (Wildman–Crippen MR) is 128 cm³/mol. The molecule has 1 aromatic heterocycles. The maximum atomic E-state index is 13.6. The number of alkyl carbamates (subject to hydrolysis) is 1. The Hall–Kier alpha value is -3.81. The molecule has 0 bridgehead atoms. The van der Waals surface area contributed by atoms with E-state index in [1.54, 1.807) is 21.8 Å². The molecule has 0 unspecified atom stereocenters. The molecule has 33 heavy (non-hydrogen) atoms. The highest BCUT2D eigenvalue weighted by Crippen LogP contribution is 2.36. The van der Waals surface area contributed by atoms with Gasteiger partial charge in [0.2, 0.25) is 0 Å². The lowest BCUT2D eigenvalue weighted by atomic mass is 10.0. The van der Waals surface area contributed by atoms with Gasteiger partial charge in [-0.2, -0.15) is 5.10 Å². The van der Waals surface area contributed by atoms with Gasteiger partial charge in [-0.05, 0) is 63.1 Å². The number of nitrogens with zero attached hydrogens (tertiary/aromatic N) is 3. The van der Waals surface area contributed by atoms with Crippen LogP contribution in [0, 0.1) is 6.92 Å². The molecule has 4 rings (SSSR count). The summed E-state index contributed by atoms with van der Waals surface area (Å²) < 4.78 is 7.07. The lowest BCUT2D eigenvalue weighted by Crippen LogP contribution is -2.32. The summed E-state index contributed by atoms with van der Waals surface area (Å²) in [6.07, 6.45) is 1.31. The Labute approximate surface area is 193 Å². The van der Waals surface area contributed by atoms with Gasteiger partial charge >= 0.3 is 6.09 Å². The molecular weight excluding hydrogens is 418 g/mol. The van der Waals surface area contributed by atoms with E-state index in [1.807, 2.05) is 71.1 Å². The van der Waals surface area contributed by atoms with Gasteiger partial charge in [-0.3, -0.25) is 9.48 Å². The minimum Gasteiger partial charge on any atom is -0.444 e. The highest BCUT2D eigenvalue weighted by atomic mass is 16.6. The van der Waals surface area contributed by atoms with Crippen molar-refractivity contribution in [3.8, 4) is 0 Å². The number of carbonyl (C=O) groups is 2. The van der Waals surface area contributed by atoms with E-state index in [9.17, 15) is 9.59 Å². The van der Waals surface area contributed by atoms with Gasteiger partial charge < -0.3 is 20.3 Å². The molecular formula is C25H29N5O3. The Morgan fingerprint density at radius 1 is 1.18 bits per heavy atom. The molecule has 3 aromatic rings. The third kappa shape index (κ3) is 4.84. The van der Waals surface area contributed by atoms with Crippen LogP contribution in [0.5, 0.6) is 0 Å². The van der Waals surface area contributed by atoms with Crippen LogP contribution in [-0.2, 0) is 24.9 Å². The van der Waals surface area contributed by atoms with E-state index >= 15 is 0 Å². The zero-order valence-corrected chi connectivity index (χ0v) is 19.6.